The summed E-state index contributed by atoms with van der Waals surface area (Å²) in [5.74, 6) is 0. The fourth-order valence-corrected chi connectivity index (χ4v) is 0. The molecule has 0 unspecified atom stereocenters. The van der Waals surface area contributed by atoms with E-state index in [1.807, 2.05) is 0 Å². The first kappa shape index (κ1) is 41.1. The molecule has 0 aromatic carbocycles. The molecular formula is H4Br4Th. The minimum Gasteiger partial charge on any atom is -0.114 e. The topological polar surface area (TPSA) is 0 Å². The van der Waals surface area contributed by atoms with Gasteiger partial charge in [0.05, 0.1) is 0 Å². The van der Waals surface area contributed by atoms with Crippen molar-refractivity contribution in [2.24, 2.45) is 0 Å². The molecule has 0 bridgehead atoms. The van der Waals surface area contributed by atoms with Crippen molar-refractivity contribution in [2.75, 3.05) is 0 Å². The molecule has 5 heteroatoms. The van der Waals surface area contributed by atoms with Crippen LogP contribution in [0.4, 0.5) is 0 Å². The molecule has 0 amide bonds. The van der Waals surface area contributed by atoms with E-state index in [1.54, 1.807) is 0 Å². The maximum Gasteiger partial charge on any atom is 0 e. The zero-order valence-corrected chi connectivity index (χ0v) is 13.1. The van der Waals surface area contributed by atoms with Gasteiger partial charge in [0.15, 0.2) is 0 Å². The molecule has 0 aliphatic rings. The zero-order valence-electron chi connectivity index (χ0n) is 2.13. The molecule has 0 atom stereocenters. The van der Waals surface area contributed by atoms with Crippen molar-refractivity contribution in [2.45, 2.75) is 0 Å². The van der Waals surface area contributed by atoms with Crippen molar-refractivity contribution in [1.29, 1.82) is 0 Å². The first-order chi connectivity index (χ1) is 0. The molecular weight excluding hydrogens is 552 g/mol. The van der Waals surface area contributed by atoms with Crippen LogP contribution in [0.2, 0.25) is 0 Å². The summed E-state index contributed by atoms with van der Waals surface area (Å²) in [5, 5.41) is 0. The molecule has 0 saturated carbocycles. The molecule has 36 valence electrons. The second-order valence-corrected chi connectivity index (χ2v) is 0. The van der Waals surface area contributed by atoms with E-state index in [0.29, 0.717) is 0 Å². The molecule has 0 N–H and O–H groups in total. The van der Waals surface area contributed by atoms with E-state index in [1.165, 1.54) is 0 Å². The van der Waals surface area contributed by atoms with Gasteiger partial charge in [-0.05, 0) is 0 Å². The number of halogens is 4. The number of hydrogen-bond donors (Lipinski definition) is 0. The summed E-state index contributed by atoms with van der Waals surface area (Å²) in [6.07, 6.45) is 0. The third kappa shape index (κ3) is 18.9. The van der Waals surface area contributed by atoms with E-state index in [9.17, 15) is 0 Å². The van der Waals surface area contributed by atoms with E-state index < -0.39 is 0 Å². The van der Waals surface area contributed by atoms with E-state index in [2.05, 4.69) is 0 Å². The normalized spacial score (nSPS) is 0. The SMILES string of the molecule is Br.Br.Br.Br.[Th]. The Morgan fingerprint density at radius 1 is 0.400 bits per heavy atom. The Labute approximate surface area is 106 Å². The first-order valence-corrected chi connectivity index (χ1v) is 0. The van der Waals surface area contributed by atoms with Crippen LogP contribution in [0, 0.1) is 39.9 Å². The monoisotopic (exact) mass is 552 g/mol. The number of rotatable bonds is 0. The van der Waals surface area contributed by atoms with Gasteiger partial charge in [-0.25, -0.2) is 0 Å². The summed E-state index contributed by atoms with van der Waals surface area (Å²) >= 11 is 0. The molecule has 0 fully saturated rings. The average molecular weight is 556 g/mol. The minimum atomic E-state index is 0. The van der Waals surface area contributed by atoms with Gasteiger partial charge in [0.25, 0.3) is 0 Å². The Morgan fingerprint density at radius 2 is 0.400 bits per heavy atom. The van der Waals surface area contributed by atoms with E-state index in [4.69, 9.17) is 0 Å². The molecule has 0 saturated heterocycles. The van der Waals surface area contributed by atoms with Crippen LogP contribution in [0.3, 0.4) is 0 Å². The standard InChI is InChI=1S/4BrH.Th/h4*1H;. The molecule has 0 aromatic rings. The van der Waals surface area contributed by atoms with Crippen LogP contribution < -0.4 is 0 Å². The van der Waals surface area contributed by atoms with Crippen LogP contribution in [0.5, 0.6) is 0 Å². The third-order valence-corrected chi connectivity index (χ3v) is 0. The Balaban J connectivity index is 0. The Morgan fingerprint density at radius 3 is 0.400 bits per heavy atom. The van der Waals surface area contributed by atoms with Gasteiger partial charge in [0.1, 0.15) is 0 Å². The van der Waals surface area contributed by atoms with Crippen molar-refractivity contribution in [1.82, 2.24) is 0 Å². The van der Waals surface area contributed by atoms with Gasteiger partial charge >= 0.3 is 0 Å². The van der Waals surface area contributed by atoms with Crippen molar-refractivity contribution in [3.8, 4) is 0 Å². The Bertz CT molecular complexity index is 3.61. The van der Waals surface area contributed by atoms with Crippen LogP contribution in [-0.2, 0) is 0 Å². The number of hydrogen-bond acceptors (Lipinski definition) is 0. The van der Waals surface area contributed by atoms with Crippen molar-refractivity contribution in [3.63, 3.8) is 0 Å². The molecule has 5 heavy (non-hydrogen) atoms. The smallest absolute Gasteiger partial charge is 0 e. The summed E-state index contributed by atoms with van der Waals surface area (Å²) in [7, 11) is 0. The molecule has 0 heterocycles. The van der Waals surface area contributed by atoms with Gasteiger partial charge < -0.3 is 0 Å². The average Bonchev–Trinajstić information content (AvgIpc) is 0. The van der Waals surface area contributed by atoms with Crippen LogP contribution >= 0.6 is 67.9 Å². The van der Waals surface area contributed by atoms with Gasteiger partial charge in [-0.1, -0.05) is 0 Å². The van der Waals surface area contributed by atoms with Crippen LogP contribution in [0.15, 0.2) is 0 Å². The third-order valence-electron chi connectivity index (χ3n) is 0. The first-order valence-electron chi connectivity index (χ1n) is 0. The van der Waals surface area contributed by atoms with Gasteiger partial charge in [-0.15, -0.1) is 67.9 Å². The minimum absolute atomic E-state index is 0. The quantitative estimate of drug-likeness (QED) is 0.431. The van der Waals surface area contributed by atoms with Crippen LogP contribution in [0.25, 0.3) is 0 Å². The fourth-order valence-electron chi connectivity index (χ4n) is 0. The molecule has 0 spiro atoms. The fraction of sp³-hybridized carbons (Fsp3) is 0. The molecule has 0 radical (unpaired) electrons. The summed E-state index contributed by atoms with van der Waals surface area (Å²) in [6, 6.07) is 0. The second kappa shape index (κ2) is 26.8. The Kier molecular flexibility index (Phi) is 221. The molecule has 0 aliphatic heterocycles. The second-order valence-electron chi connectivity index (χ2n) is 0. The summed E-state index contributed by atoms with van der Waals surface area (Å²) in [5.41, 5.74) is 0. The van der Waals surface area contributed by atoms with Gasteiger partial charge in [-0.3, -0.25) is 0 Å². The van der Waals surface area contributed by atoms with E-state index >= 15 is 0 Å². The molecule has 0 nitrogen and oxygen atoms in total. The Hall–Kier alpha value is 3.24. The summed E-state index contributed by atoms with van der Waals surface area (Å²) < 4.78 is 0. The predicted molar refractivity (Wildman–Crippen MR) is 41.3 cm³/mol. The molecule has 0 rings (SSSR count). The maximum atomic E-state index is 0. The van der Waals surface area contributed by atoms with E-state index in [0.717, 1.165) is 0 Å². The van der Waals surface area contributed by atoms with Gasteiger partial charge in [0.2, 0.25) is 0 Å². The zero-order chi connectivity index (χ0) is 0. The van der Waals surface area contributed by atoms with Crippen LogP contribution in [0.1, 0.15) is 0 Å². The van der Waals surface area contributed by atoms with Gasteiger partial charge in [0, 0.05) is 39.9 Å². The molecule has 0 aliphatic carbocycles. The van der Waals surface area contributed by atoms with Crippen molar-refractivity contribution >= 4 is 67.9 Å². The van der Waals surface area contributed by atoms with E-state index in [-0.39, 0.29) is 108 Å². The molecule has 0 aromatic heterocycles. The summed E-state index contributed by atoms with van der Waals surface area (Å²) in [6.45, 7) is 0. The predicted octanol–water partition coefficient (Wildman–Crippen LogP) is 2.31. The van der Waals surface area contributed by atoms with Crippen molar-refractivity contribution in [3.05, 3.63) is 0 Å². The maximum absolute atomic E-state index is 0. The van der Waals surface area contributed by atoms with Crippen molar-refractivity contribution < 1.29 is 39.9 Å². The summed E-state index contributed by atoms with van der Waals surface area (Å²) in [4.78, 5) is 0. The van der Waals surface area contributed by atoms with Crippen LogP contribution in [-0.4, -0.2) is 0 Å². The largest absolute Gasteiger partial charge is 0.114 e. The van der Waals surface area contributed by atoms with Gasteiger partial charge in [-0.2, -0.15) is 0 Å².